The standard InChI is InChI=1S/C27H31Cl2NO4/c1-3-22(31)25(17-7-8-17)30-24(16-9-11-19(28)12-10-16)21(18-5-4-6-20(29)13-18)14-27(2,26(30)34)15-23(32)33/h4-6,9-13,17,21-22,24-25,31H,3,7-8,14-15H2,1-2H3,(H,32,33)/t21-,22+,24-,25+,27+/m1/s1. The van der Waals surface area contributed by atoms with Crippen molar-refractivity contribution in [2.45, 2.75) is 70.1 Å². The number of hydrogen-bond donors (Lipinski definition) is 2. The number of benzene rings is 2. The number of carbonyl (C=O) groups is 2. The van der Waals surface area contributed by atoms with Crippen LogP contribution in [0.2, 0.25) is 10.0 Å². The van der Waals surface area contributed by atoms with Gasteiger partial charge in [-0.1, -0.05) is 61.3 Å². The van der Waals surface area contributed by atoms with Crippen LogP contribution in [0.5, 0.6) is 0 Å². The number of likely N-dealkylation sites (tertiary alicyclic amines) is 1. The summed E-state index contributed by atoms with van der Waals surface area (Å²) in [6, 6.07) is 14.3. The van der Waals surface area contributed by atoms with E-state index in [4.69, 9.17) is 23.2 Å². The summed E-state index contributed by atoms with van der Waals surface area (Å²) >= 11 is 12.5. The number of rotatable bonds is 8. The number of aliphatic hydroxyl groups excluding tert-OH is 1. The molecule has 1 aliphatic carbocycles. The third-order valence-electron chi connectivity index (χ3n) is 7.37. The summed E-state index contributed by atoms with van der Waals surface area (Å²) in [4.78, 5) is 27.9. The highest BCUT2D eigenvalue weighted by molar-refractivity contribution is 6.30. The van der Waals surface area contributed by atoms with Gasteiger partial charge in [0.15, 0.2) is 0 Å². The third-order valence-corrected chi connectivity index (χ3v) is 7.86. The Morgan fingerprint density at radius 2 is 1.79 bits per heavy atom. The monoisotopic (exact) mass is 503 g/mol. The fraction of sp³-hybridized carbons (Fsp3) is 0.481. The first-order valence-corrected chi connectivity index (χ1v) is 12.6. The smallest absolute Gasteiger partial charge is 0.304 e. The Morgan fingerprint density at radius 3 is 2.35 bits per heavy atom. The first-order chi connectivity index (χ1) is 16.1. The maximum Gasteiger partial charge on any atom is 0.304 e. The van der Waals surface area contributed by atoms with E-state index in [1.807, 2.05) is 54.3 Å². The van der Waals surface area contributed by atoms with Crippen LogP contribution >= 0.6 is 23.2 Å². The van der Waals surface area contributed by atoms with Gasteiger partial charge in [-0.05, 0) is 67.0 Å². The Labute approximate surface area is 210 Å². The average molecular weight is 504 g/mol. The van der Waals surface area contributed by atoms with Crippen LogP contribution in [0.3, 0.4) is 0 Å². The summed E-state index contributed by atoms with van der Waals surface area (Å²) in [7, 11) is 0. The number of nitrogens with zero attached hydrogens (tertiary/aromatic N) is 1. The van der Waals surface area contributed by atoms with Crippen molar-refractivity contribution in [3.63, 3.8) is 0 Å². The summed E-state index contributed by atoms with van der Waals surface area (Å²) in [5, 5.41) is 22.0. The van der Waals surface area contributed by atoms with Crippen molar-refractivity contribution in [1.29, 1.82) is 0 Å². The van der Waals surface area contributed by atoms with Gasteiger partial charge in [0.1, 0.15) is 0 Å². The van der Waals surface area contributed by atoms with Crippen molar-refractivity contribution in [2.75, 3.05) is 0 Å². The largest absolute Gasteiger partial charge is 0.481 e. The number of aliphatic carboxylic acids is 1. The molecule has 1 heterocycles. The highest BCUT2D eigenvalue weighted by atomic mass is 35.5. The minimum Gasteiger partial charge on any atom is -0.481 e. The molecule has 2 aromatic carbocycles. The normalized spacial score (nSPS) is 26.9. The van der Waals surface area contributed by atoms with E-state index in [1.165, 1.54) is 0 Å². The highest BCUT2D eigenvalue weighted by Crippen LogP contribution is 2.54. The summed E-state index contributed by atoms with van der Waals surface area (Å²) in [6.45, 7) is 3.66. The second kappa shape index (κ2) is 9.88. The predicted molar refractivity (Wildman–Crippen MR) is 133 cm³/mol. The lowest BCUT2D eigenvalue weighted by molar-refractivity contribution is -0.164. The van der Waals surface area contributed by atoms with Crippen molar-refractivity contribution >= 4 is 35.1 Å². The number of carbonyl (C=O) groups excluding carboxylic acids is 1. The molecule has 1 saturated heterocycles. The molecular weight excluding hydrogens is 473 g/mol. The zero-order valence-corrected chi connectivity index (χ0v) is 21.0. The predicted octanol–water partition coefficient (Wildman–Crippen LogP) is 6.08. The summed E-state index contributed by atoms with van der Waals surface area (Å²) in [5.41, 5.74) is 0.749. The molecule has 0 radical (unpaired) electrons. The van der Waals surface area contributed by atoms with E-state index in [-0.39, 0.29) is 36.2 Å². The van der Waals surface area contributed by atoms with Gasteiger partial charge in [0.25, 0.3) is 0 Å². The van der Waals surface area contributed by atoms with Crippen LogP contribution in [0.1, 0.15) is 69.0 Å². The van der Waals surface area contributed by atoms with Crippen molar-refractivity contribution in [3.8, 4) is 0 Å². The van der Waals surface area contributed by atoms with Gasteiger partial charge >= 0.3 is 5.97 Å². The molecule has 5 nitrogen and oxygen atoms in total. The number of carboxylic acids is 1. The molecule has 5 atom stereocenters. The Bertz CT molecular complexity index is 1050. The molecule has 0 aromatic heterocycles. The van der Waals surface area contributed by atoms with E-state index in [2.05, 4.69) is 0 Å². The van der Waals surface area contributed by atoms with E-state index in [0.29, 0.717) is 22.9 Å². The van der Waals surface area contributed by atoms with Crippen LogP contribution in [-0.4, -0.2) is 39.1 Å². The topological polar surface area (TPSA) is 77.8 Å². The molecule has 1 aliphatic heterocycles. The van der Waals surface area contributed by atoms with Crippen LogP contribution in [0.25, 0.3) is 0 Å². The van der Waals surface area contributed by atoms with E-state index in [9.17, 15) is 19.8 Å². The quantitative estimate of drug-likeness (QED) is 0.457. The average Bonchev–Trinajstić information content (AvgIpc) is 3.62. The number of amides is 1. The minimum absolute atomic E-state index is 0.195. The van der Waals surface area contributed by atoms with Gasteiger partial charge in [0, 0.05) is 16.0 Å². The van der Waals surface area contributed by atoms with E-state index in [0.717, 1.165) is 24.0 Å². The van der Waals surface area contributed by atoms with Gasteiger partial charge in [0.05, 0.1) is 30.0 Å². The lowest BCUT2D eigenvalue weighted by atomic mass is 9.66. The molecule has 2 aliphatic rings. The van der Waals surface area contributed by atoms with Crippen molar-refractivity contribution in [3.05, 3.63) is 69.7 Å². The molecule has 4 rings (SSSR count). The van der Waals surface area contributed by atoms with Crippen LogP contribution in [0, 0.1) is 11.3 Å². The lowest BCUT2D eigenvalue weighted by Gasteiger charge is -2.53. The first kappa shape index (κ1) is 25.0. The molecule has 0 bridgehead atoms. The fourth-order valence-corrected chi connectivity index (χ4v) is 5.94. The van der Waals surface area contributed by atoms with Gasteiger partial charge < -0.3 is 15.1 Å². The molecule has 0 spiro atoms. The lowest BCUT2D eigenvalue weighted by Crippen LogP contribution is -2.59. The third kappa shape index (κ3) is 4.98. The van der Waals surface area contributed by atoms with E-state index < -0.39 is 17.5 Å². The Morgan fingerprint density at radius 1 is 1.12 bits per heavy atom. The van der Waals surface area contributed by atoms with Crippen LogP contribution < -0.4 is 0 Å². The molecule has 34 heavy (non-hydrogen) atoms. The van der Waals surface area contributed by atoms with Crippen molar-refractivity contribution in [1.82, 2.24) is 4.90 Å². The zero-order valence-electron chi connectivity index (χ0n) is 19.5. The second-order valence-corrected chi connectivity index (χ2v) is 10.9. The van der Waals surface area contributed by atoms with Crippen LogP contribution in [-0.2, 0) is 9.59 Å². The summed E-state index contributed by atoms with van der Waals surface area (Å²) in [6.07, 6.45) is 1.79. The number of aliphatic hydroxyl groups is 1. The van der Waals surface area contributed by atoms with Gasteiger partial charge in [-0.15, -0.1) is 0 Å². The van der Waals surface area contributed by atoms with E-state index in [1.54, 1.807) is 13.0 Å². The maximum absolute atomic E-state index is 14.2. The molecular formula is C27H31Cl2NO4. The molecule has 1 saturated carbocycles. The molecule has 7 heteroatoms. The SMILES string of the molecule is CC[C@H](O)[C@H](C1CC1)N1C(=O)[C@](C)(CC(=O)O)C[C@H](c2cccc(Cl)c2)[C@H]1c1ccc(Cl)cc1. The number of carboxylic acid groups (broad SMARTS) is 1. The van der Waals surface area contributed by atoms with Gasteiger partial charge in [0.2, 0.25) is 5.91 Å². The molecule has 2 N–H and O–H groups in total. The molecule has 182 valence electrons. The second-order valence-electron chi connectivity index (χ2n) is 10.0. The summed E-state index contributed by atoms with van der Waals surface area (Å²) < 4.78 is 0. The Balaban J connectivity index is 1.92. The zero-order chi connectivity index (χ0) is 24.6. The molecule has 1 amide bonds. The number of hydrogen-bond acceptors (Lipinski definition) is 3. The van der Waals surface area contributed by atoms with Gasteiger partial charge in [-0.25, -0.2) is 0 Å². The van der Waals surface area contributed by atoms with Crippen molar-refractivity contribution in [2.24, 2.45) is 11.3 Å². The number of piperidine rings is 1. The van der Waals surface area contributed by atoms with Crippen LogP contribution in [0.15, 0.2) is 48.5 Å². The maximum atomic E-state index is 14.2. The van der Waals surface area contributed by atoms with Crippen LogP contribution in [0.4, 0.5) is 0 Å². The Hall–Kier alpha value is -2.08. The number of halogens is 2. The first-order valence-electron chi connectivity index (χ1n) is 11.9. The highest BCUT2D eigenvalue weighted by Gasteiger charge is 2.55. The van der Waals surface area contributed by atoms with Gasteiger partial charge in [-0.3, -0.25) is 9.59 Å². The summed E-state index contributed by atoms with van der Waals surface area (Å²) in [5.74, 6) is -1.23. The van der Waals surface area contributed by atoms with Gasteiger partial charge in [-0.2, -0.15) is 0 Å². The van der Waals surface area contributed by atoms with E-state index >= 15 is 0 Å². The Kier molecular flexibility index (Phi) is 7.28. The molecule has 2 aromatic rings. The van der Waals surface area contributed by atoms with Crippen molar-refractivity contribution < 1.29 is 19.8 Å². The minimum atomic E-state index is -1.11. The fourth-order valence-electron chi connectivity index (χ4n) is 5.61. The molecule has 0 unspecified atom stereocenters. The molecule has 2 fully saturated rings.